The third-order valence-corrected chi connectivity index (χ3v) is 5.09. The number of benzene rings is 1. The van der Waals surface area contributed by atoms with Gasteiger partial charge in [0.25, 0.3) is 0 Å². The molecule has 1 atom stereocenters. The zero-order valence-electron chi connectivity index (χ0n) is 9.81. The number of thiophene rings is 2. The fourth-order valence-corrected chi connectivity index (χ4v) is 4.31. The molecule has 0 fully saturated rings. The summed E-state index contributed by atoms with van der Waals surface area (Å²) in [6.07, 6.45) is 0. The van der Waals surface area contributed by atoms with Gasteiger partial charge in [-0.05, 0) is 42.3 Å². The molecule has 1 aromatic carbocycles. The van der Waals surface area contributed by atoms with Gasteiger partial charge in [-0.25, -0.2) is 4.39 Å². The number of nitrogens with one attached hydrogen (secondary N) is 1. The Balaban J connectivity index is 2.01. The van der Waals surface area contributed by atoms with Crippen LogP contribution in [0.5, 0.6) is 0 Å². The molecule has 18 heavy (non-hydrogen) atoms. The number of rotatable bonds is 3. The Morgan fingerprint density at radius 3 is 2.56 bits per heavy atom. The van der Waals surface area contributed by atoms with Crippen molar-refractivity contribution in [2.45, 2.75) is 6.04 Å². The van der Waals surface area contributed by atoms with Gasteiger partial charge in [0.2, 0.25) is 0 Å². The van der Waals surface area contributed by atoms with E-state index in [2.05, 4.69) is 22.8 Å². The Labute approximate surface area is 113 Å². The second-order valence-corrected chi connectivity index (χ2v) is 6.13. The topological polar surface area (TPSA) is 12.0 Å². The minimum absolute atomic E-state index is 0.134. The quantitative estimate of drug-likeness (QED) is 0.747. The highest BCUT2D eigenvalue weighted by atomic mass is 32.1. The molecule has 0 saturated carbocycles. The number of halogens is 1. The van der Waals surface area contributed by atoms with E-state index in [0.29, 0.717) is 0 Å². The van der Waals surface area contributed by atoms with Crippen LogP contribution in [0.3, 0.4) is 0 Å². The normalized spacial score (nSPS) is 13.0. The highest BCUT2D eigenvalue weighted by Crippen LogP contribution is 2.35. The highest BCUT2D eigenvalue weighted by molar-refractivity contribution is 7.27. The Morgan fingerprint density at radius 1 is 1.11 bits per heavy atom. The van der Waals surface area contributed by atoms with Crippen LogP contribution in [0, 0.1) is 5.82 Å². The third kappa shape index (κ3) is 2.07. The first-order valence-electron chi connectivity index (χ1n) is 5.67. The zero-order valence-corrected chi connectivity index (χ0v) is 11.4. The van der Waals surface area contributed by atoms with Crippen molar-refractivity contribution in [3.63, 3.8) is 0 Å². The van der Waals surface area contributed by atoms with Gasteiger partial charge in [-0.15, -0.1) is 22.7 Å². The number of fused-ring (bicyclic) bond motifs is 1. The van der Waals surface area contributed by atoms with Crippen molar-refractivity contribution in [2.24, 2.45) is 0 Å². The van der Waals surface area contributed by atoms with Gasteiger partial charge in [-0.1, -0.05) is 12.1 Å². The Hall–Kier alpha value is -1.23. The molecule has 0 aliphatic heterocycles. The lowest BCUT2D eigenvalue weighted by atomic mass is 10.1. The van der Waals surface area contributed by atoms with Crippen molar-refractivity contribution in [3.8, 4) is 0 Å². The standard InChI is InChI=1S/C14H12FNS2/c1-16-14(9-2-4-10(15)5-3-9)13-8-12-11(18-13)6-7-17-12/h2-8,14,16H,1H3. The van der Waals surface area contributed by atoms with Crippen LogP contribution in [0.25, 0.3) is 9.40 Å². The van der Waals surface area contributed by atoms with E-state index in [1.54, 1.807) is 22.7 Å². The first-order chi connectivity index (χ1) is 8.78. The van der Waals surface area contributed by atoms with Crippen LogP contribution in [0.15, 0.2) is 41.8 Å². The first kappa shape index (κ1) is 11.8. The summed E-state index contributed by atoms with van der Waals surface area (Å²) in [6.45, 7) is 0. The maximum absolute atomic E-state index is 13.0. The molecule has 1 nitrogen and oxygen atoms in total. The van der Waals surface area contributed by atoms with Crippen molar-refractivity contribution < 1.29 is 4.39 Å². The lowest BCUT2D eigenvalue weighted by Crippen LogP contribution is -2.16. The first-order valence-corrected chi connectivity index (χ1v) is 7.37. The average Bonchev–Trinajstić information content (AvgIpc) is 2.93. The van der Waals surface area contributed by atoms with Gasteiger partial charge in [-0.3, -0.25) is 0 Å². The van der Waals surface area contributed by atoms with Gasteiger partial charge in [0.1, 0.15) is 5.82 Å². The van der Waals surface area contributed by atoms with E-state index < -0.39 is 0 Å². The fraction of sp³-hybridized carbons (Fsp3) is 0.143. The summed E-state index contributed by atoms with van der Waals surface area (Å²) in [5.41, 5.74) is 1.09. The summed E-state index contributed by atoms with van der Waals surface area (Å²) in [5.74, 6) is -0.194. The van der Waals surface area contributed by atoms with E-state index in [1.165, 1.54) is 26.4 Å². The summed E-state index contributed by atoms with van der Waals surface area (Å²) >= 11 is 3.55. The van der Waals surface area contributed by atoms with Gasteiger partial charge < -0.3 is 5.32 Å². The third-order valence-electron chi connectivity index (χ3n) is 2.93. The molecule has 0 aliphatic carbocycles. The molecule has 3 rings (SSSR count). The Kier molecular flexibility index (Phi) is 3.16. The highest BCUT2D eigenvalue weighted by Gasteiger charge is 2.15. The van der Waals surface area contributed by atoms with Crippen LogP contribution in [0.2, 0.25) is 0 Å². The van der Waals surface area contributed by atoms with E-state index in [4.69, 9.17) is 0 Å². The van der Waals surface area contributed by atoms with E-state index in [-0.39, 0.29) is 11.9 Å². The summed E-state index contributed by atoms with van der Waals surface area (Å²) in [4.78, 5) is 1.27. The predicted molar refractivity (Wildman–Crippen MR) is 77.0 cm³/mol. The molecule has 2 heterocycles. The largest absolute Gasteiger partial charge is 0.309 e. The summed E-state index contributed by atoms with van der Waals surface area (Å²) in [7, 11) is 1.93. The van der Waals surface area contributed by atoms with Crippen LogP contribution in [0.4, 0.5) is 4.39 Å². The second kappa shape index (κ2) is 4.80. The maximum Gasteiger partial charge on any atom is 0.123 e. The van der Waals surface area contributed by atoms with E-state index in [1.807, 2.05) is 19.2 Å². The van der Waals surface area contributed by atoms with E-state index in [0.717, 1.165) is 5.56 Å². The van der Waals surface area contributed by atoms with Crippen molar-refractivity contribution in [1.82, 2.24) is 5.32 Å². The van der Waals surface area contributed by atoms with Gasteiger partial charge >= 0.3 is 0 Å². The molecule has 1 unspecified atom stereocenters. The molecular formula is C14H12FNS2. The molecular weight excluding hydrogens is 265 g/mol. The predicted octanol–water partition coefficient (Wildman–Crippen LogP) is 4.41. The van der Waals surface area contributed by atoms with Crippen LogP contribution in [-0.2, 0) is 0 Å². The van der Waals surface area contributed by atoms with Crippen LogP contribution >= 0.6 is 22.7 Å². The molecule has 92 valence electrons. The minimum atomic E-state index is -0.194. The molecule has 0 radical (unpaired) electrons. The smallest absolute Gasteiger partial charge is 0.123 e. The van der Waals surface area contributed by atoms with Crippen molar-refractivity contribution in [2.75, 3.05) is 7.05 Å². The van der Waals surface area contributed by atoms with Crippen LogP contribution in [0.1, 0.15) is 16.5 Å². The monoisotopic (exact) mass is 277 g/mol. The molecule has 4 heteroatoms. The Bertz CT molecular complexity index is 625. The van der Waals surface area contributed by atoms with E-state index in [9.17, 15) is 4.39 Å². The summed E-state index contributed by atoms with van der Waals surface area (Å²) < 4.78 is 15.6. The van der Waals surface area contributed by atoms with Crippen molar-refractivity contribution >= 4 is 32.1 Å². The fourth-order valence-electron chi connectivity index (χ4n) is 2.06. The van der Waals surface area contributed by atoms with Crippen molar-refractivity contribution in [3.05, 3.63) is 58.0 Å². The van der Waals surface area contributed by atoms with Crippen LogP contribution in [-0.4, -0.2) is 7.05 Å². The van der Waals surface area contributed by atoms with E-state index >= 15 is 0 Å². The van der Waals surface area contributed by atoms with Gasteiger partial charge in [0.05, 0.1) is 6.04 Å². The lowest BCUT2D eigenvalue weighted by molar-refractivity contribution is 0.624. The zero-order chi connectivity index (χ0) is 12.5. The summed E-state index contributed by atoms with van der Waals surface area (Å²) in [6, 6.07) is 11.2. The molecule has 3 aromatic rings. The molecule has 0 amide bonds. The van der Waals surface area contributed by atoms with Gasteiger partial charge in [0, 0.05) is 14.3 Å². The molecule has 0 aliphatic rings. The average molecular weight is 277 g/mol. The number of hydrogen-bond acceptors (Lipinski definition) is 3. The summed E-state index contributed by atoms with van der Waals surface area (Å²) in [5, 5.41) is 5.41. The molecule has 0 saturated heterocycles. The number of hydrogen-bond donors (Lipinski definition) is 1. The van der Waals surface area contributed by atoms with Gasteiger partial charge in [0.15, 0.2) is 0 Å². The Morgan fingerprint density at radius 2 is 1.89 bits per heavy atom. The van der Waals surface area contributed by atoms with Crippen molar-refractivity contribution in [1.29, 1.82) is 0 Å². The second-order valence-electron chi connectivity index (χ2n) is 4.07. The maximum atomic E-state index is 13.0. The molecule has 0 bridgehead atoms. The molecule has 1 N–H and O–H groups in total. The molecule has 2 aromatic heterocycles. The lowest BCUT2D eigenvalue weighted by Gasteiger charge is -2.14. The van der Waals surface area contributed by atoms with Gasteiger partial charge in [-0.2, -0.15) is 0 Å². The SMILES string of the molecule is CNC(c1ccc(F)cc1)c1cc2sccc2s1. The van der Waals surface area contributed by atoms with Crippen LogP contribution < -0.4 is 5.32 Å². The molecule has 0 spiro atoms. The minimum Gasteiger partial charge on any atom is -0.309 e.